The number of fused-ring (bicyclic) bond motifs is 2. The Balaban J connectivity index is 1.30. The van der Waals surface area contributed by atoms with Crippen molar-refractivity contribution in [3.8, 4) is 44.5 Å². The van der Waals surface area contributed by atoms with E-state index in [1.54, 1.807) is 22.3 Å². The number of allylic oxidation sites excluding steroid dienone is 2. The third-order valence-electron chi connectivity index (χ3n) is 19.2. The molecular formula is C80H94SiZr. The first-order valence-corrected chi connectivity index (χ1v) is 44.7. The van der Waals surface area contributed by atoms with Gasteiger partial charge >= 0.3 is 502 Å². The zero-order chi connectivity index (χ0) is 58.8. The van der Waals surface area contributed by atoms with E-state index in [4.69, 9.17) is 0 Å². The van der Waals surface area contributed by atoms with Gasteiger partial charge in [0, 0.05) is 0 Å². The summed E-state index contributed by atoms with van der Waals surface area (Å²) in [7, 11) is 0. The van der Waals surface area contributed by atoms with Gasteiger partial charge in [-0.05, 0) is 0 Å². The normalized spacial score (nSPS) is 16.5. The molecule has 4 atom stereocenters. The average Bonchev–Trinajstić information content (AvgIpc) is 2.75. The molecule has 0 fully saturated rings. The van der Waals surface area contributed by atoms with Gasteiger partial charge in [0.15, 0.2) is 0 Å². The number of rotatable bonds is 14. The Morgan fingerprint density at radius 1 is 0.354 bits per heavy atom. The SMILES string of the molecule is CCC(CC1=Cc2c(-c3ccc(C(C)(C)C)cc3)ccc(-c3ccc(C(C)(C)C)cc3)c2[CH]1[Zr]([CH3])([CH3])(=[SiH2])[CH]1C(CC(CC)c2ccccc2)=Cc2c(-c3ccc(C(C)(C)C)cc3)ccc(-c3ccc(C(C)(C)C)cc3)c21)c1ccccc1. The Hall–Kier alpha value is -5.66. The first kappa shape index (κ1) is 59.5. The molecule has 0 saturated heterocycles. The molecule has 0 N–H and O–H groups in total. The second-order valence-electron chi connectivity index (χ2n) is 30.0. The van der Waals surface area contributed by atoms with E-state index >= 15 is 0 Å². The predicted molar refractivity (Wildman–Crippen MR) is 359 cm³/mol. The molecule has 422 valence electrons. The van der Waals surface area contributed by atoms with Gasteiger partial charge in [-0.3, -0.25) is 0 Å². The second kappa shape index (κ2) is 22.4. The van der Waals surface area contributed by atoms with Gasteiger partial charge in [0.1, 0.15) is 0 Å². The number of benzene rings is 8. The van der Waals surface area contributed by atoms with Crippen molar-refractivity contribution >= 4 is 19.0 Å². The molecule has 2 aliphatic rings. The molecule has 4 unspecified atom stereocenters. The molecule has 0 spiro atoms. The first-order valence-electron chi connectivity index (χ1n) is 31.0. The van der Waals surface area contributed by atoms with Crippen molar-refractivity contribution in [2.75, 3.05) is 0 Å². The second-order valence-corrected chi connectivity index (χ2v) is 60.4. The molecule has 8 aromatic rings. The molecule has 82 heavy (non-hydrogen) atoms. The molecule has 0 amide bonds. The molecule has 8 aromatic carbocycles. The van der Waals surface area contributed by atoms with Crippen LogP contribution in [-0.2, 0) is 39.1 Å². The van der Waals surface area contributed by atoms with Crippen molar-refractivity contribution in [2.45, 2.75) is 173 Å². The Labute approximate surface area is 498 Å². The summed E-state index contributed by atoms with van der Waals surface area (Å²) in [6, 6.07) is 71.7. The molecule has 2 heteroatoms. The van der Waals surface area contributed by atoms with E-state index in [9.17, 15) is 0 Å². The van der Waals surface area contributed by atoms with Crippen LogP contribution in [-0.4, -0.2) is 6.88 Å². The summed E-state index contributed by atoms with van der Waals surface area (Å²) in [5, 5.41) is 0. The van der Waals surface area contributed by atoms with Gasteiger partial charge in [0.2, 0.25) is 0 Å². The van der Waals surface area contributed by atoms with Crippen molar-refractivity contribution in [3.63, 3.8) is 0 Å². The monoisotopic (exact) mass is 1170 g/mol. The fraction of sp³-hybridized carbons (Fsp3) is 0.350. The van der Waals surface area contributed by atoms with Crippen LogP contribution >= 0.6 is 0 Å². The summed E-state index contributed by atoms with van der Waals surface area (Å²) in [6.07, 6.45) is 9.73. The molecule has 2 aliphatic carbocycles. The number of hydrogen-bond acceptors (Lipinski definition) is 0. The molecule has 0 saturated carbocycles. The third kappa shape index (κ3) is 11.8. The van der Waals surface area contributed by atoms with E-state index in [0.717, 1.165) is 25.7 Å². The van der Waals surface area contributed by atoms with Crippen molar-refractivity contribution in [1.29, 1.82) is 0 Å². The van der Waals surface area contributed by atoms with Gasteiger partial charge in [-0.1, -0.05) is 0 Å². The molecule has 10 rings (SSSR count). The van der Waals surface area contributed by atoms with Crippen LogP contribution < -0.4 is 0 Å². The van der Waals surface area contributed by atoms with Crippen LogP contribution in [0.1, 0.15) is 197 Å². The molecule has 0 bridgehead atoms. The van der Waals surface area contributed by atoms with Gasteiger partial charge in [-0.15, -0.1) is 0 Å². The van der Waals surface area contributed by atoms with Crippen LogP contribution in [0.3, 0.4) is 0 Å². The van der Waals surface area contributed by atoms with Gasteiger partial charge in [0.05, 0.1) is 0 Å². The summed E-state index contributed by atoms with van der Waals surface area (Å²) < 4.78 is 6.34. The molecule has 0 nitrogen and oxygen atoms in total. The minimum atomic E-state index is -4.63. The van der Waals surface area contributed by atoms with Gasteiger partial charge in [-0.2, -0.15) is 0 Å². The van der Waals surface area contributed by atoms with Gasteiger partial charge < -0.3 is 0 Å². The van der Waals surface area contributed by atoms with Gasteiger partial charge in [-0.25, -0.2) is 0 Å². The van der Waals surface area contributed by atoms with Crippen LogP contribution in [0.15, 0.2) is 193 Å². The number of hydrogen-bond donors (Lipinski definition) is 0. The van der Waals surface area contributed by atoms with Gasteiger partial charge in [0.25, 0.3) is 0 Å². The first-order chi connectivity index (χ1) is 38.6. The van der Waals surface area contributed by atoms with Crippen LogP contribution in [0.25, 0.3) is 56.7 Å². The van der Waals surface area contributed by atoms with E-state index in [1.165, 1.54) is 89.0 Å². The summed E-state index contributed by atoms with van der Waals surface area (Å²) in [5.74, 6) is 0.769. The summed E-state index contributed by atoms with van der Waals surface area (Å²) in [5.41, 5.74) is 28.6. The minimum absolute atomic E-state index is 0.0490. The standard InChI is InChI=1S/2C39H43.2CH3.H2Si.Zr/c2*1-8-28(29-12-10-9-11-13-29)24-27-25-36-34(30-14-18-32(19-15-30)38(2,3)4)22-23-35(37(36)26-27)31-16-20-33(21-17-31)39(5,6)7;;;;/h2*9-23,25-26,28H,8,24H2,1-7H3;2*1H3;1H2;. The average molecular weight is 1170 g/mol. The van der Waals surface area contributed by atoms with Crippen LogP contribution in [0.5, 0.6) is 0 Å². The topological polar surface area (TPSA) is 0 Å². The Bertz CT molecular complexity index is 3480. The van der Waals surface area contributed by atoms with Crippen molar-refractivity contribution < 1.29 is 17.4 Å². The van der Waals surface area contributed by atoms with E-state index in [1.807, 2.05) is 0 Å². The zero-order valence-corrected chi connectivity index (χ0v) is 56.7. The summed E-state index contributed by atoms with van der Waals surface area (Å²) in [4.78, 5) is 0. The van der Waals surface area contributed by atoms with Crippen LogP contribution in [0, 0.1) is 0 Å². The van der Waals surface area contributed by atoms with E-state index in [-0.39, 0.29) is 28.9 Å². The maximum atomic E-state index is 2.92. The quantitative estimate of drug-likeness (QED) is 0.0952. The fourth-order valence-corrected chi connectivity index (χ4v) is 33.9. The van der Waals surface area contributed by atoms with Crippen molar-refractivity contribution in [3.05, 3.63) is 249 Å². The Morgan fingerprint density at radius 3 is 0.866 bits per heavy atom. The van der Waals surface area contributed by atoms with Crippen molar-refractivity contribution in [1.82, 2.24) is 0 Å². The Morgan fingerprint density at radius 2 is 0.610 bits per heavy atom. The molecule has 0 radical (unpaired) electrons. The van der Waals surface area contributed by atoms with Crippen molar-refractivity contribution in [2.24, 2.45) is 0 Å². The maximum absolute atomic E-state index is 4.63. The van der Waals surface area contributed by atoms with E-state index < -0.39 is 17.4 Å². The summed E-state index contributed by atoms with van der Waals surface area (Å²) in [6.45, 7) is 35.4. The van der Waals surface area contributed by atoms with Crippen LogP contribution in [0.4, 0.5) is 0 Å². The Kier molecular flexibility index (Phi) is 16.3. The predicted octanol–water partition coefficient (Wildman–Crippen LogP) is 22.6. The van der Waals surface area contributed by atoms with E-state index in [2.05, 4.69) is 307 Å². The molecule has 0 aromatic heterocycles. The molecular weight excluding hydrogens is 1080 g/mol. The van der Waals surface area contributed by atoms with E-state index in [0.29, 0.717) is 11.8 Å². The van der Waals surface area contributed by atoms with Crippen LogP contribution in [0.2, 0.25) is 9.26 Å². The molecule has 0 aliphatic heterocycles. The fourth-order valence-electron chi connectivity index (χ4n) is 14.4. The molecule has 0 heterocycles. The zero-order valence-electron chi connectivity index (χ0n) is 52.8. The third-order valence-corrected chi connectivity index (χ3v) is 36.6. The summed E-state index contributed by atoms with van der Waals surface area (Å²) >= 11 is -4.63.